The molecule has 0 aliphatic heterocycles. The lowest BCUT2D eigenvalue weighted by atomic mass is 10.2. The lowest BCUT2D eigenvalue weighted by Crippen LogP contribution is -2.36. The summed E-state index contributed by atoms with van der Waals surface area (Å²) in [6, 6.07) is 6.16. The van der Waals surface area contributed by atoms with Crippen LogP contribution < -0.4 is 10.1 Å². The average Bonchev–Trinajstić information content (AvgIpc) is 2.28. The second kappa shape index (κ2) is 8.06. The highest BCUT2D eigenvalue weighted by Crippen LogP contribution is 2.13. The quantitative estimate of drug-likeness (QED) is 0.774. The third-order valence-corrected chi connectivity index (χ3v) is 2.38. The van der Waals surface area contributed by atoms with Crippen LogP contribution in [0, 0.1) is 11.7 Å². The fourth-order valence-electron chi connectivity index (χ4n) is 1.59. The molecule has 4 heteroatoms. The van der Waals surface area contributed by atoms with Crippen LogP contribution in [-0.4, -0.2) is 32.9 Å². The number of ether oxygens (including phenoxy) is 2. The zero-order valence-electron chi connectivity index (χ0n) is 11.3. The molecule has 1 aromatic rings. The highest BCUT2D eigenvalue weighted by molar-refractivity contribution is 5.22. The lowest BCUT2D eigenvalue weighted by Gasteiger charge is -2.19. The van der Waals surface area contributed by atoms with Crippen LogP contribution in [0.3, 0.4) is 0 Å². The van der Waals surface area contributed by atoms with Gasteiger partial charge in [0.05, 0.1) is 6.61 Å². The predicted octanol–water partition coefficient (Wildman–Crippen LogP) is 2.47. The summed E-state index contributed by atoms with van der Waals surface area (Å²) in [5, 5.41) is 3.31. The molecule has 18 heavy (non-hydrogen) atoms. The van der Waals surface area contributed by atoms with Gasteiger partial charge in [-0.3, -0.25) is 0 Å². The number of methoxy groups -OCH3 is 1. The van der Waals surface area contributed by atoms with Crippen LogP contribution >= 0.6 is 0 Å². The van der Waals surface area contributed by atoms with Gasteiger partial charge in [-0.05, 0) is 24.6 Å². The number of benzene rings is 1. The van der Waals surface area contributed by atoms with Crippen molar-refractivity contribution in [3.05, 3.63) is 30.1 Å². The Morgan fingerprint density at radius 3 is 2.67 bits per heavy atom. The molecule has 102 valence electrons. The second-order valence-electron chi connectivity index (χ2n) is 4.70. The van der Waals surface area contributed by atoms with Crippen LogP contribution in [0.15, 0.2) is 24.3 Å². The average molecular weight is 255 g/mol. The molecule has 0 bridgehead atoms. The van der Waals surface area contributed by atoms with E-state index in [1.165, 1.54) is 12.1 Å². The van der Waals surface area contributed by atoms with Crippen molar-refractivity contribution in [3.63, 3.8) is 0 Å². The van der Waals surface area contributed by atoms with E-state index >= 15 is 0 Å². The summed E-state index contributed by atoms with van der Waals surface area (Å²) >= 11 is 0. The van der Waals surface area contributed by atoms with Crippen LogP contribution in [0.4, 0.5) is 4.39 Å². The van der Waals surface area contributed by atoms with Gasteiger partial charge < -0.3 is 14.8 Å². The maximum atomic E-state index is 13.0. The Labute approximate surface area is 108 Å². The van der Waals surface area contributed by atoms with Gasteiger partial charge in [0, 0.05) is 19.7 Å². The van der Waals surface area contributed by atoms with Gasteiger partial charge in [0.15, 0.2) is 0 Å². The Morgan fingerprint density at radius 2 is 2.06 bits per heavy atom. The SMILES string of the molecule is COCC(CNCC(C)C)Oc1cccc(F)c1. The van der Waals surface area contributed by atoms with Crippen molar-refractivity contribution < 1.29 is 13.9 Å². The number of hydrogen-bond donors (Lipinski definition) is 1. The molecule has 0 aliphatic rings. The Morgan fingerprint density at radius 1 is 1.28 bits per heavy atom. The van der Waals surface area contributed by atoms with Crippen molar-refractivity contribution in [2.75, 3.05) is 26.8 Å². The molecular weight excluding hydrogens is 233 g/mol. The monoisotopic (exact) mass is 255 g/mol. The van der Waals surface area contributed by atoms with Gasteiger partial charge in [0.25, 0.3) is 0 Å². The minimum Gasteiger partial charge on any atom is -0.487 e. The van der Waals surface area contributed by atoms with E-state index in [-0.39, 0.29) is 11.9 Å². The summed E-state index contributed by atoms with van der Waals surface area (Å²) in [5.41, 5.74) is 0. The molecule has 0 aromatic heterocycles. The van der Waals surface area contributed by atoms with Crippen molar-refractivity contribution in [2.45, 2.75) is 20.0 Å². The lowest BCUT2D eigenvalue weighted by molar-refractivity contribution is 0.0800. The van der Waals surface area contributed by atoms with E-state index in [1.807, 2.05) is 0 Å². The van der Waals surface area contributed by atoms with Crippen LogP contribution in [0.25, 0.3) is 0 Å². The first kappa shape index (κ1) is 14.9. The smallest absolute Gasteiger partial charge is 0.134 e. The van der Waals surface area contributed by atoms with Crippen molar-refractivity contribution >= 4 is 0 Å². The first-order chi connectivity index (χ1) is 8.61. The molecule has 1 rings (SSSR count). The molecule has 1 N–H and O–H groups in total. The highest BCUT2D eigenvalue weighted by Gasteiger charge is 2.10. The van der Waals surface area contributed by atoms with E-state index in [1.54, 1.807) is 19.2 Å². The van der Waals surface area contributed by atoms with E-state index in [4.69, 9.17) is 9.47 Å². The molecule has 0 heterocycles. The summed E-state index contributed by atoms with van der Waals surface area (Å²) in [4.78, 5) is 0. The standard InChI is InChI=1S/C14H22FNO2/c1-11(2)8-16-9-14(10-17-3)18-13-6-4-5-12(15)7-13/h4-7,11,14,16H,8-10H2,1-3H3. The largest absolute Gasteiger partial charge is 0.487 e. The van der Waals surface area contributed by atoms with E-state index < -0.39 is 0 Å². The van der Waals surface area contributed by atoms with Gasteiger partial charge in [0.2, 0.25) is 0 Å². The molecule has 0 amide bonds. The Balaban J connectivity index is 2.46. The van der Waals surface area contributed by atoms with Gasteiger partial charge in [-0.1, -0.05) is 19.9 Å². The summed E-state index contributed by atoms with van der Waals surface area (Å²) in [6.45, 7) is 6.37. The van der Waals surface area contributed by atoms with Gasteiger partial charge in [0.1, 0.15) is 17.7 Å². The normalized spacial score (nSPS) is 12.7. The summed E-state index contributed by atoms with van der Waals surface area (Å²) < 4.78 is 23.8. The first-order valence-electron chi connectivity index (χ1n) is 6.23. The molecule has 3 nitrogen and oxygen atoms in total. The van der Waals surface area contributed by atoms with Crippen LogP contribution in [0.5, 0.6) is 5.75 Å². The summed E-state index contributed by atoms with van der Waals surface area (Å²) in [5.74, 6) is 0.824. The minimum atomic E-state index is -0.293. The zero-order chi connectivity index (χ0) is 13.4. The Hall–Kier alpha value is -1.13. The molecule has 0 saturated carbocycles. The molecule has 0 aliphatic carbocycles. The van der Waals surface area contributed by atoms with Gasteiger partial charge in [-0.25, -0.2) is 4.39 Å². The zero-order valence-corrected chi connectivity index (χ0v) is 11.3. The molecule has 0 radical (unpaired) electrons. The number of rotatable bonds is 8. The molecule has 0 saturated heterocycles. The van der Waals surface area contributed by atoms with Gasteiger partial charge in [-0.2, -0.15) is 0 Å². The van der Waals surface area contributed by atoms with Crippen LogP contribution in [0.1, 0.15) is 13.8 Å². The minimum absolute atomic E-state index is 0.115. The topological polar surface area (TPSA) is 30.5 Å². The van der Waals surface area contributed by atoms with Crippen LogP contribution in [-0.2, 0) is 4.74 Å². The van der Waals surface area contributed by atoms with Gasteiger partial charge >= 0.3 is 0 Å². The Bertz CT molecular complexity index is 344. The predicted molar refractivity (Wildman–Crippen MR) is 70.4 cm³/mol. The molecule has 1 atom stereocenters. The highest BCUT2D eigenvalue weighted by atomic mass is 19.1. The third kappa shape index (κ3) is 5.98. The maximum absolute atomic E-state index is 13.0. The molecule has 1 aromatic carbocycles. The van der Waals surface area contributed by atoms with E-state index in [9.17, 15) is 4.39 Å². The first-order valence-corrected chi connectivity index (χ1v) is 6.23. The number of nitrogens with one attached hydrogen (secondary N) is 1. The number of hydrogen-bond acceptors (Lipinski definition) is 3. The fourth-order valence-corrected chi connectivity index (χ4v) is 1.59. The van der Waals surface area contributed by atoms with E-state index in [0.717, 1.165) is 6.54 Å². The van der Waals surface area contributed by atoms with Gasteiger partial charge in [-0.15, -0.1) is 0 Å². The van der Waals surface area contributed by atoms with Crippen molar-refractivity contribution in [1.82, 2.24) is 5.32 Å². The molecular formula is C14H22FNO2. The van der Waals surface area contributed by atoms with E-state index in [2.05, 4.69) is 19.2 Å². The molecule has 0 spiro atoms. The third-order valence-electron chi connectivity index (χ3n) is 2.38. The molecule has 0 fully saturated rings. The van der Waals surface area contributed by atoms with Crippen molar-refractivity contribution in [2.24, 2.45) is 5.92 Å². The number of halogens is 1. The molecule has 1 unspecified atom stereocenters. The fraction of sp³-hybridized carbons (Fsp3) is 0.571. The summed E-state index contributed by atoms with van der Waals surface area (Å²) in [7, 11) is 1.63. The van der Waals surface area contributed by atoms with Crippen LogP contribution in [0.2, 0.25) is 0 Å². The van der Waals surface area contributed by atoms with Crippen molar-refractivity contribution in [1.29, 1.82) is 0 Å². The summed E-state index contributed by atoms with van der Waals surface area (Å²) in [6.07, 6.45) is -0.115. The maximum Gasteiger partial charge on any atom is 0.134 e. The second-order valence-corrected chi connectivity index (χ2v) is 4.70. The Kier molecular flexibility index (Phi) is 6.68. The van der Waals surface area contributed by atoms with E-state index in [0.29, 0.717) is 24.8 Å². The van der Waals surface area contributed by atoms with Crippen molar-refractivity contribution in [3.8, 4) is 5.75 Å².